The molecule has 0 amide bonds. The van der Waals surface area contributed by atoms with Gasteiger partial charge in [0.15, 0.2) is 19.7 Å². The molecule has 2 atom stereocenters. The van der Waals surface area contributed by atoms with Crippen molar-refractivity contribution in [1.82, 2.24) is 4.90 Å². The van der Waals surface area contributed by atoms with E-state index in [1.807, 2.05) is 30.0 Å². The van der Waals surface area contributed by atoms with E-state index in [9.17, 15) is 16.8 Å². The number of fused-ring (bicyclic) bond motifs is 1. The van der Waals surface area contributed by atoms with Crippen LogP contribution in [-0.4, -0.2) is 58.2 Å². The van der Waals surface area contributed by atoms with Crippen LogP contribution in [0.15, 0.2) is 47.4 Å². The third-order valence-corrected chi connectivity index (χ3v) is 10.1. The minimum Gasteiger partial charge on any atom is -0.495 e. The van der Waals surface area contributed by atoms with Gasteiger partial charge in [-0.2, -0.15) is 0 Å². The van der Waals surface area contributed by atoms with E-state index in [0.717, 1.165) is 17.5 Å². The van der Waals surface area contributed by atoms with Crippen LogP contribution in [0.3, 0.4) is 0 Å². The molecule has 0 N–H and O–H groups in total. The molecule has 2 heterocycles. The summed E-state index contributed by atoms with van der Waals surface area (Å²) in [7, 11) is -5.93. The van der Waals surface area contributed by atoms with Crippen LogP contribution in [0.4, 0.5) is 0 Å². The first kappa shape index (κ1) is 20.4. The van der Waals surface area contributed by atoms with Crippen LogP contribution < -0.4 is 4.74 Å². The maximum Gasteiger partial charge on any atom is 0.187 e. The summed E-state index contributed by atoms with van der Waals surface area (Å²) in [5, 5.41) is -1.01. The molecule has 2 aliphatic heterocycles. The largest absolute Gasteiger partial charge is 0.495 e. The Hall–Kier alpha value is -1.90. The summed E-state index contributed by atoms with van der Waals surface area (Å²) in [6.07, 6.45) is 0.785. The van der Waals surface area contributed by atoms with E-state index in [1.165, 1.54) is 12.7 Å². The highest BCUT2D eigenvalue weighted by Gasteiger charge is 2.49. The van der Waals surface area contributed by atoms with E-state index in [2.05, 4.69) is 6.07 Å². The van der Waals surface area contributed by atoms with Crippen molar-refractivity contribution in [3.63, 3.8) is 0 Å². The summed E-state index contributed by atoms with van der Waals surface area (Å²) >= 11 is 0. The zero-order valence-electron chi connectivity index (χ0n) is 16.5. The number of ether oxygens (including phenoxy) is 1. The first-order valence-corrected chi connectivity index (χ1v) is 13.0. The maximum absolute atomic E-state index is 13.6. The Labute approximate surface area is 172 Å². The predicted molar refractivity (Wildman–Crippen MR) is 112 cm³/mol. The molecule has 0 saturated carbocycles. The fourth-order valence-corrected chi connectivity index (χ4v) is 9.48. The number of hydrogen-bond donors (Lipinski definition) is 0. The smallest absolute Gasteiger partial charge is 0.187 e. The number of sulfone groups is 2. The number of hydrogen-bond acceptors (Lipinski definition) is 6. The van der Waals surface area contributed by atoms with Crippen LogP contribution in [-0.2, 0) is 32.6 Å². The molecule has 4 rings (SSSR count). The lowest BCUT2D eigenvalue weighted by molar-refractivity contribution is 0.195. The monoisotopic (exact) mass is 435 g/mol. The highest BCUT2D eigenvalue weighted by Crippen LogP contribution is 2.35. The highest BCUT2D eigenvalue weighted by atomic mass is 32.2. The van der Waals surface area contributed by atoms with Crippen molar-refractivity contribution < 1.29 is 21.6 Å². The fraction of sp³-hybridized carbons (Fsp3) is 0.429. The molecular formula is C21H25NO5S2. The Morgan fingerprint density at radius 1 is 1.07 bits per heavy atom. The average molecular weight is 436 g/mol. The van der Waals surface area contributed by atoms with Gasteiger partial charge in [0.25, 0.3) is 0 Å². The van der Waals surface area contributed by atoms with E-state index in [0.29, 0.717) is 13.1 Å². The Morgan fingerprint density at radius 3 is 2.52 bits per heavy atom. The van der Waals surface area contributed by atoms with Crippen LogP contribution >= 0.6 is 0 Å². The predicted octanol–water partition coefficient (Wildman–Crippen LogP) is 2.00. The molecule has 2 aromatic carbocycles. The molecule has 0 unspecified atom stereocenters. The zero-order valence-corrected chi connectivity index (χ0v) is 18.2. The minimum atomic E-state index is -3.90. The number of aryl methyl sites for hydroxylation is 1. The van der Waals surface area contributed by atoms with Gasteiger partial charge in [-0.1, -0.05) is 30.3 Å². The molecule has 8 heteroatoms. The lowest BCUT2D eigenvalue weighted by Crippen LogP contribution is -2.48. The van der Waals surface area contributed by atoms with Crippen LogP contribution in [0.5, 0.6) is 5.75 Å². The van der Waals surface area contributed by atoms with Crippen molar-refractivity contribution >= 4 is 19.7 Å². The molecule has 0 aromatic heterocycles. The summed E-state index contributed by atoms with van der Waals surface area (Å²) in [6, 6.07) is 12.5. The number of nitrogens with zero attached hydrogens (tertiary/aromatic N) is 1. The van der Waals surface area contributed by atoms with Gasteiger partial charge in [0.05, 0.1) is 23.9 Å². The molecule has 0 radical (unpaired) electrons. The first-order chi connectivity index (χ1) is 13.7. The topological polar surface area (TPSA) is 80.8 Å². The molecule has 1 fully saturated rings. The van der Waals surface area contributed by atoms with Crippen molar-refractivity contribution in [2.45, 2.75) is 36.1 Å². The summed E-state index contributed by atoms with van der Waals surface area (Å²) in [5.41, 5.74) is 3.16. The molecule has 156 valence electrons. The van der Waals surface area contributed by atoms with Crippen molar-refractivity contribution in [2.24, 2.45) is 0 Å². The van der Waals surface area contributed by atoms with Gasteiger partial charge in [-0.25, -0.2) is 16.8 Å². The minimum absolute atomic E-state index is 0.0736. The molecule has 0 aliphatic carbocycles. The van der Waals surface area contributed by atoms with E-state index >= 15 is 0 Å². The third-order valence-electron chi connectivity index (χ3n) is 5.93. The van der Waals surface area contributed by atoms with Crippen molar-refractivity contribution in [3.05, 3.63) is 59.2 Å². The second-order valence-corrected chi connectivity index (χ2v) is 12.2. The lowest BCUT2D eigenvalue weighted by atomic mass is 9.98. The second-order valence-electron chi connectivity index (χ2n) is 7.87. The summed E-state index contributed by atoms with van der Waals surface area (Å²) in [5.74, 6) is -0.231. The van der Waals surface area contributed by atoms with Gasteiger partial charge in [-0.3, -0.25) is 4.90 Å². The van der Waals surface area contributed by atoms with Crippen LogP contribution in [0, 0.1) is 6.92 Å². The lowest BCUT2D eigenvalue weighted by Gasteiger charge is -2.35. The van der Waals surface area contributed by atoms with Crippen molar-refractivity contribution in [3.8, 4) is 5.75 Å². The van der Waals surface area contributed by atoms with Gasteiger partial charge in [-0.05, 0) is 42.2 Å². The van der Waals surface area contributed by atoms with Crippen LogP contribution in [0.1, 0.15) is 16.7 Å². The molecule has 2 aliphatic rings. The number of methoxy groups -OCH3 is 1. The summed E-state index contributed by atoms with van der Waals surface area (Å²) < 4.78 is 57.5. The molecular weight excluding hydrogens is 410 g/mol. The Morgan fingerprint density at radius 2 is 1.79 bits per heavy atom. The van der Waals surface area contributed by atoms with E-state index in [4.69, 9.17) is 4.74 Å². The van der Waals surface area contributed by atoms with Gasteiger partial charge in [0, 0.05) is 19.1 Å². The second kappa shape index (κ2) is 7.41. The van der Waals surface area contributed by atoms with E-state index in [1.54, 1.807) is 18.2 Å². The van der Waals surface area contributed by atoms with Gasteiger partial charge in [0.1, 0.15) is 10.6 Å². The number of rotatable bonds is 4. The van der Waals surface area contributed by atoms with Gasteiger partial charge in [-0.15, -0.1) is 0 Å². The fourth-order valence-electron chi connectivity index (χ4n) is 4.40. The molecule has 2 aromatic rings. The quantitative estimate of drug-likeness (QED) is 0.731. The average Bonchev–Trinajstić information content (AvgIpc) is 3.04. The maximum atomic E-state index is 13.6. The van der Waals surface area contributed by atoms with Crippen molar-refractivity contribution in [2.75, 3.05) is 25.2 Å². The van der Waals surface area contributed by atoms with Gasteiger partial charge >= 0.3 is 0 Å². The van der Waals surface area contributed by atoms with E-state index < -0.39 is 31.0 Å². The van der Waals surface area contributed by atoms with Crippen molar-refractivity contribution in [1.29, 1.82) is 0 Å². The Kier molecular flexibility index (Phi) is 5.21. The standard InChI is InChI=1S/C21H25NO5S2/c1-15-7-8-19(27-2)20(11-15)29(25,26)21-14-28(23,24)13-18(21)22-10-9-16-5-3-4-6-17(16)12-22/h3-8,11,18,21H,9-10,12-14H2,1-2H3/t18-,21-/m1/s1. The molecule has 1 saturated heterocycles. The van der Waals surface area contributed by atoms with Crippen LogP contribution in [0.2, 0.25) is 0 Å². The summed E-state index contributed by atoms with van der Waals surface area (Å²) in [6.45, 7) is 3.02. The Bertz CT molecular complexity index is 1140. The van der Waals surface area contributed by atoms with Gasteiger partial charge in [0.2, 0.25) is 0 Å². The molecule has 0 bridgehead atoms. The zero-order chi connectivity index (χ0) is 20.8. The summed E-state index contributed by atoms with van der Waals surface area (Å²) in [4.78, 5) is 2.10. The third kappa shape index (κ3) is 3.81. The first-order valence-electron chi connectivity index (χ1n) is 9.61. The normalized spacial score (nSPS) is 24.2. The molecule has 6 nitrogen and oxygen atoms in total. The van der Waals surface area contributed by atoms with Crippen LogP contribution in [0.25, 0.3) is 0 Å². The SMILES string of the molecule is COc1ccc(C)cc1S(=O)(=O)[C@@H]1CS(=O)(=O)C[C@H]1N1CCc2ccccc2C1. The highest BCUT2D eigenvalue weighted by molar-refractivity contribution is 7.96. The van der Waals surface area contributed by atoms with Gasteiger partial charge < -0.3 is 4.74 Å². The van der Waals surface area contributed by atoms with E-state index in [-0.39, 0.29) is 22.2 Å². The molecule has 0 spiro atoms. The number of benzene rings is 2. The Balaban J connectivity index is 1.73. The molecule has 29 heavy (non-hydrogen) atoms.